The number of hydrogen-bond acceptors (Lipinski definition) is 7. The fourth-order valence-corrected chi connectivity index (χ4v) is 3.10. The number of amides is 1. The van der Waals surface area contributed by atoms with Gasteiger partial charge in [-0.05, 0) is 42.5 Å². The predicted molar refractivity (Wildman–Crippen MR) is 110 cm³/mol. The first-order chi connectivity index (χ1) is 14.4. The minimum absolute atomic E-state index is 0.0408. The van der Waals surface area contributed by atoms with Crippen molar-refractivity contribution in [2.75, 3.05) is 37.8 Å². The molecule has 0 aliphatic carbocycles. The number of nitrogens with one attached hydrogen (secondary N) is 1. The lowest BCUT2D eigenvalue weighted by Gasteiger charge is -2.31. The number of ether oxygens (including phenoxy) is 3. The molecule has 30 heavy (non-hydrogen) atoms. The summed E-state index contributed by atoms with van der Waals surface area (Å²) in [4.78, 5) is 38.3. The summed E-state index contributed by atoms with van der Waals surface area (Å²) >= 11 is 5.92. The van der Waals surface area contributed by atoms with Gasteiger partial charge in [0.2, 0.25) is 0 Å². The van der Waals surface area contributed by atoms with Crippen LogP contribution in [-0.2, 0) is 23.8 Å². The molecule has 2 aromatic carbocycles. The molecule has 9 heteroatoms. The zero-order valence-electron chi connectivity index (χ0n) is 16.3. The maximum atomic E-state index is 12.4. The Hall–Kier alpha value is -3.36. The fourth-order valence-electron chi connectivity index (χ4n) is 2.91. The second kappa shape index (κ2) is 9.43. The molecular weight excluding hydrogens is 412 g/mol. The molecule has 0 saturated carbocycles. The number of nitrogens with zero attached hydrogens (tertiary/aromatic N) is 1. The Morgan fingerprint density at radius 1 is 1.03 bits per heavy atom. The Morgan fingerprint density at radius 2 is 1.73 bits per heavy atom. The molecule has 0 spiro atoms. The van der Waals surface area contributed by atoms with E-state index < -0.39 is 11.9 Å². The van der Waals surface area contributed by atoms with Crippen molar-refractivity contribution in [3.05, 3.63) is 70.4 Å². The van der Waals surface area contributed by atoms with Gasteiger partial charge in [-0.3, -0.25) is 4.79 Å². The smallest absolute Gasteiger partial charge is 0.355 e. The molecule has 0 unspecified atom stereocenters. The third-order valence-electron chi connectivity index (χ3n) is 4.36. The molecule has 0 aromatic heterocycles. The number of anilines is 2. The molecular formula is C21H19ClN2O6. The lowest BCUT2D eigenvalue weighted by Crippen LogP contribution is -2.38. The van der Waals surface area contributed by atoms with Crippen molar-refractivity contribution in [2.45, 2.75) is 0 Å². The lowest BCUT2D eigenvalue weighted by molar-refractivity contribution is -0.140. The molecule has 0 saturated heterocycles. The van der Waals surface area contributed by atoms with Gasteiger partial charge in [-0.25, -0.2) is 9.59 Å². The summed E-state index contributed by atoms with van der Waals surface area (Å²) in [5.74, 6) is -1.67. The summed E-state index contributed by atoms with van der Waals surface area (Å²) in [6.07, 6.45) is 0. The van der Waals surface area contributed by atoms with Crippen LogP contribution in [0.15, 0.2) is 59.8 Å². The van der Waals surface area contributed by atoms with E-state index in [1.807, 2.05) is 0 Å². The highest BCUT2D eigenvalue weighted by molar-refractivity contribution is 6.31. The fraction of sp³-hybridized carbons (Fsp3) is 0.190. The van der Waals surface area contributed by atoms with Crippen molar-refractivity contribution in [1.29, 1.82) is 0 Å². The van der Waals surface area contributed by atoms with E-state index in [0.717, 1.165) is 0 Å². The van der Waals surface area contributed by atoms with Crippen molar-refractivity contribution in [2.24, 2.45) is 0 Å². The van der Waals surface area contributed by atoms with E-state index in [1.165, 1.54) is 19.1 Å². The number of halogens is 1. The Morgan fingerprint density at radius 3 is 2.37 bits per heavy atom. The molecule has 0 radical (unpaired) electrons. The highest BCUT2D eigenvalue weighted by Gasteiger charge is 2.32. The van der Waals surface area contributed by atoms with Crippen LogP contribution in [0.3, 0.4) is 0 Å². The second-order valence-electron chi connectivity index (χ2n) is 6.23. The van der Waals surface area contributed by atoms with E-state index in [4.69, 9.17) is 25.8 Å². The Balaban J connectivity index is 1.84. The van der Waals surface area contributed by atoms with Gasteiger partial charge in [-0.2, -0.15) is 0 Å². The minimum Gasteiger partial charge on any atom is -0.466 e. The number of methoxy groups -OCH3 is 2. The van der Waals surface area contributed by atoms with Gasteiger partial charge < -0.3 is 24.4 Å². The normalized spacial score (nSPS) is 13.6. The van der Waals surface area contributed by atoms with Crippen molar-refractivity contribution in [3.63, 3.8) is 0 Å². The average molecular weight is 431 g/mol. The first kappa shape index (κ1) is 21.4. The van der Waals surface area contributed by atoms with Crippen LogP contribution >= 0.6 is 11.6 Å². The van der Waals surface area contributed by atoms with E-state index in [0.29, 0.717) is 22.0 Å². The molecule has 2 aromatic rings. The zero-order valence-corrected chi connectivity index (χ0v) is 17.1. The van der Waals surface area contributed by atoms with Crippen LogP contribution < -0.4 is 10.2 Å². The van der Waals surface area contributed by atoms with Gasteiger partial charge >= 0.3 is 11.9 Å². The minimum atomic E-state index is -0.683. The van der Waals surface area contributed by atoms with Gasteiger partial charge in [0.05, 0.1) is 26.4 Å². The van der Waals surface area contributed by atoms with E-state index in [1.54, 1.807) is 48.5 Å². The summed E-state index contributed by atoms with van der Waals surface area (Å²) in [7, 11) is 2.45. The molecule has 0 bridgehead atoms. The van der Waals surface area contributed by atoms with Crippen LogP contribution in [-0.4, -0.2) is 45.4 Å². The standard InChI is InChI=1S/C21H19ClN2O6/c1-28-20(26)17-11-30-12-24(18(17)21(27)29-2)16-8-6-15(7-9-16)23-19(25)13-4-3-5-14(22)10-13/h3-10H,11-12H2,1-2H3,(H,23,25). The van der Waals surface area contributed by atoms with Gasteiger partial charge in [-0.15, -0.1) is 0 Å². The van der Waals surface area contributed by atoms with Gasteiger partial charge in [0, 0.05) is 22.0 Å². The molecule has 0 fully saturated rings. The number of rotatable bonds is 5. The first-order valence-corrected chi connectivity index (χ1v) is 9.24. The maximum Gasteiger partial charge on any atom is 0.355 e. The SMILES string of the molecule is COC(=O)C1=C(C(=O)OC)N(c2ccc(NC(=O)c3cccc(Cl)c3)cc2)COC1. The zero-order chi connectivity index (χ0) is 21.7. The van der Waals surface area contributed by atoms with Crippen LogP contribution in [0.1, 0.15) is 10.4 Å². The summed E-state index contributed by atoms with van der Waals surface area (Å²) in [6.45, 7) is -0.0273. The van der Waals surface area contributed by atoms with Crippen LogP contribution in [0.2, 0.25) is 5.02 Å². The van der Waals surface area contributed by atoms with E-state index in [9.17, 15) is 14.4 Å². The second-order valence-corrected chi connectivity index (χ2v) is 6.66. The molecule has 1 N–H and O–H groups in total. The average Bonchev–Trinajstić information content (AvgIpc) is 2.78. The summed E-state index contributed by atoms with van der Waals surface area (Å²) in [6, 6.07) is 13.3. The Bertz CT molecular complexity index is 1000. The molecule has 1 aliphatic rings. The maximum absolute atomic E-state index is 12.4. The number of carbonyl (C=O) groups excluding carboxylic acids is 3. The Kier molecular flexibility index (Phi) is 6.71. The predicted octanol–water partition coefficient (Wildman–Crippen LogP) is 2.99. The van der Waals surface area contributed by atoms with E-state index >= 15 is 0 Å². The molecule has 8 nitrogen and oxygen atoms in total. The number of carbonyl (C=O) groups is 3. The van der Waals surface area contributed by atoms with E-state index in [2.05, 4.69) is 5.32 Å². The molecule has 3 rings (SSSR count). The van der Waals surface area contributed by atoms with Crippen molar-refractivity contribution in [3.8, 4) is 0 Å². The molecule has 1 amide bonds. The summed E-state index contributed by atoms with van der Waals surface area (Å²) < 4.78 is 15.0. The largest absolute Gasteiger partial charge is 0.466 e. The molecule has 0 atom stereocenters. The quantitative estimate of drug-likeness (QED) is 0.728. The van der Waals surface area contributed by atoms with Crippen LogP contribution in [0.5, 0.6) is 0 Å². The summed E-state index contributed by atoms with van der Waals surface area (Å²) in [5.41, 5.74) is 1.64. The molecule has 156 valence electrons. The van der Waals surface area contributed by atoms with Gasteiger partial charge in [-0.1, -0.05) is 17.7 Å². The van der Waals surface area contributed by atoms with Crippen LogP contribution in [0.4, 0.5) is 11.4 Å². The molecule has 1 heterocycles. The van der Waals surface area contributed by atoms with Crippen LogP contribution in [0, 0.1) is 0 Å². The van der Waals surface area contributed by atoms with Gasteiger partial charge in [0.15, 0.2) is 0 Å². The Labute approximate surface area is 178 Å². The highest BCUT2D eigenvalue weighted by atomic mass is 35.5. The number of benzene rings is 2. The third-order valence-corrected chi connectivity index (χ3v) is 4.59. The van der Waals surface area contributed by atoms with Crippen molar-refractivity contribution < 1.29 is 28.6 Å². The number of esters is 2. The summed E-state index contributed by atoms with van der Waals surface area (Å²) in [5, 5.41) is 3.24. The third kappa shape index (κ3) is 4.61. The van der Waals surface area contributed by atoms with E-state index in [-0.39, 0.29) is 30.5 Å². The first-order valence-electron chi connectivity index (χ1n) is 8.86. The van der Waals surface area contributed by atoms with Gasteiger partial charge in [0.25, 0.3) is 5.91 Å². The topological polar surface area (TPSA) is 94.2 Å². The van der Waals surface area contributed by atoms with Crippen molar-refractivity contribution >= 4 is 40.8 Å². The van der Waals surface area contributed by atoms with Crippen molar-refractivity contribution in [1.82, 2.24) is 0 Å². The number of hydrogen-bond donors (Lipinski definition) is 1. The van der Waals surface area contributed by atoms with Crippen LogP contribution in [0.25, 0.3) is 0 Å². The molecule has 1 aliphatic heterocycles. The lowest BCUT2D eigenvalue weighted by atomic mass is 10.1. The van der Waals surface area contributed by atoms with Gasteiger partial charge in [0.1, 0.15) is 12.4 Å². The highest BCUT2D eigenvalue weighted by Crippen LogP contribution is 2.28. The monoisotopic (exact) mass is 430 g/mol.